The molecule has 2 aliphatic rings. The van der Waals surface area contributed by atoms with Crippen LogP contribution in [0, 0.1) is 5.41 Å². The van der Waals surface area contributed by atoms with E-state index >= 15 is 0 Å². The largest absolute Gasteiger partial charge is 0.508 e. The zero-order valence-electron chi connectivity index (χ0n) is 12.8. The number of nitrogens with one attached hydrogen (secondary N) is 1. The van der Waals surface area contributed by atoms with Crippen molar-refractivity contribution in [1.82, 2.24) is 10.2 Å². The van der Waals surface area contributed by atoms with Crippen molar-refractivity contribution in [2.75, 3.05) is 26.2 Å². The van der Waals surface area contributed by atoms with Crippen molar-refractivity contribution in [2.24, 2.45) is 5.41 Å². The van der Waals surface area contributed by atoms with Gasteiger partial charge in [0.2, 0.25) is 0 Å². The number of piperidine rings is 2. The van der Waals surface area contributed by atoms with Crippen molar-refractivity contribution in [2.45, 2.75) is 38.6 Å². The van der Waals surface area contributed by atoms with Gasteiger partial charge in [-0.2, -0.15) is 0 Å². The maximum absolute atomic E-state index is 10.1. The quantitative estimate of drug-likeness (QED) is 0.784. The Morgan fingerprint density at radius 3 is 2.76 bits per heavy atom. The summed E-state index contributed by atoms with van der Waals surface area (Å²) in [5.41, 5.74) is 1.32. The van der Waals surface area contributed by atoms with Crippen molar-refractivity contribution in [3.05, 3.63) is 23.8 Å². The third kappa shape index (κ3) is 3.01. The van der Waals surface area contributed by atoms with E-state index in [0.29, 0.717) is 5.41 Å². The Kier molecular flexibility index (Phi) is 4.09. The van der Waals surface area contributed by atoms with Gasteiger partial charge in [0.05, 0.1) is 0 Å². The van der Waals surface area contributed by atoms with Gasteiger partial charge in [-0.1, -0.05) is 6.07 Å². The second-order valence-corrected chi connectivity index (χ2v) is 6.77. The predicted octanol–water partition coefficient (Wildman–Crippen LogP) is 2.62. The van der Waals surface area contributed by atoms with Gasteiger partial charge in [-0.3, -0.25) is 4.90 Å². The average Bonchev–Trinajstić information content (AvgIpc) is 2.47. The van der Waals surface area contributed by atoms with Crippen LogP contribution in [0.4, 0.5) is 0 Å². The Morgan fingerprint density at radius 1 is 1.24 bits per heavy atom. The van der Waals surface area contributed by atoms with Gasteiger partial charge in [-0.15, -0.1) is 0 Å². The molecule has 116 valence electrons. The van der Waals surface area contributed by atoms with Crippen LogP contribution in [0.2, 0.25) is 0 Å². The molecule has 3 rings (SSSR count). The normalized spacial score (nSPS) is 28.6. The van der Waals surface area contributed by atoms with Crippen LogP contribution in [0.5, 0.6) is 11.5 Å². The molecule has 1 aromatic rings. The summed E-state index contributed by atoms with van der Waals surface area (Å²) in [4.78, 5) is 2.49. The molecule has 2 heterocycles. The molecule has 2 aliphatic heterocycles. The van der Waals surface area contributed by atoms with E-state index in [1.54, 1.807) is 6.07 Å². The number of rotatable bonds is 2. The van der Waals surface area contributed by atoms with Crippen LogP contribution in [0.15, 0.2) is 18.2 Å². The second-order valence-electron chi connectivity index (χ2n) is 6.77. The SMILES string of the molecule is CC(c1ccc(O)cc1O)N1CCCC2(CCCNC2)C1. The Bertz CT molecular complexity index is 492. The molecule has 4 heteroatoms. The van der Waals surface area contributed by atoms with E-state index in [-0.39, 0.29) is 17.5 Å². The summed E-state index contributed by atoms with van der Waals surface area (Å²) in [5.74, 6) is 0.318. The van der Waals surface area contributed by atoms with E-state index in [1.807, 2.05) is 6.07 Å². The highest BCUT2D eigenvalue weighted by Gasteiger charge is 2.38. The summed E-state index contributed by atoms with van der Waals surface area (Å²) in [6, 6.07) is 5.13. The summed E-state index contributed by atoms with van der Waals surface area (Å²) in [7, 11) is 0. The van der Waals surface area contributed by atoms with Gasteiger partial charge in [0.15, 0.2) is 0 Å². The monoisotopic (exact) mass is 290 g/mol. The Labute approximate surface area is 126 Å². The number of hydrogen-bond acceptors (Lipinski definition) is 4. The van der Waals surface area contributed by atoms with Crippen LogP contribution < -0.4 is 5.32 Å². The number of nitrogens with zero attached hydrogens (tertiary/aromatic N) is 1. The fourth-order valence-electron chi connectivity index (χ4n) is 4.04. The molecule has 1 spiro atoms. The van der Waals surface area contributed by atoms with Crippen molar-refractivity contribution in [1.29, 1.82) is 0 Å². The molecule has 0 bridgehead atoms. The third-order valence-electron chi connectivity index (χ3n) is 5.26. The highest BCUT2D eigenvalue weighted by atomic mass is 16.3. The number of aromatic hydroxyl groups is 2. The second kappa shape index (κ2) is 5.85. The van der Waals surface area contributed by atoms with Crippen molar-refractivity contribution >= 4 is 0 Å². The molecule has 2 saturated heterocycles. The first-order valence-electron chi connectivity index (χ1n) is 8.06. The Morgan fingerprint density at radius 2 is 2.05 bits per heavy atom. The fourth-order valence-corrected chi connectivity index (χ4v) is 4.04. The number of likely N-dealkylation sites (tertiary alicyclic amines) is 1. The zero-order valence-corrected chi connectivity index (χ0v) is 12.8. The first-order chi connectivity index (χ1) is 10.1. The maximum atomic E-state index is 10.1. The van der Waals surface area contributed by atoms with Crippen molar-refractivity contribution < 1.29 is 10.2 Å². The molecular formula is C17H26N2O2. The number of hydrogen-bond donors (Lipinski definition) is 3. The minimum Gasteiger partial charge on any atom is -0.508 e. The maximum Gasteiger partial charge on any atom is 0.124 e. The van der Waals surface area contributed by atoms with Gasteiger partial charge in [-0.05, 0) is 57.2 Å². The highest BCUT2D eigenvalue weighted by Crippen LogP contribution is 2.40. The standard InChI is InChI=1S/C17H26N2O2/c1-13(15-5-4-14(20)10-16(15)21)19-9-3-7-17(12-19)6-2-8-18-11-17/h4-5,10,13,18,20-21H,2-3,6-9,11-12H2,1H3. The van der Waals surface area contributed by atoms with Crippen molar-refractivity contribution in [3.63, 3.8) is 0 Å². The zero-order chi connectivity index (χ0) is 14.9. The minimum absolute atomic E-state index is 0.120. The van der Waals surface area contributed by atoms with Gasteiger partial charge >= 0.3 is 0 Å². The lowest BCUT2D eigenvalue weighted by Crippen LogP contribution is -2.51. The lowest BCUT2D eigenvalue weighted by Gasteiger charge is -2.47. The molecule has 21 heavy (non-hydrogen) atoms. The summed E-state index contributed by atoms with van der Waals surface area (Å²) in [6.07, 6.45) is 5.12. The summed E-state index contributed by atoms with van der Waals surface area (Å²) in [6.45, 7) is 6.61. The van der Waals surface area contributed by atoms with Crippen LogP contribution in [-0.2, 0) is 0 Å². The van der Waals surface area contributed by atoms with Gasteiger partial charge in [0, 0.05) is 30.8 Å². The van der Waals surface area contributed by atoms with E-state index in [1.165, 1.54) is 31.7 Å². The van der Waals surface area contributed by atoms with E-state index in [4.69, 9.17) is 0 Å². The molecule has 0 radical (unpaired) electrons. The molecule has 0 aliphatic carbocycles. The average molecular weight is 290 g/mol. The molecule has 2 atom stereocenters. The predicted molar refractivity (Wildman–Crippen MR) is 83.5 cm³/mol. The van der Waals surface area contributed by atoms with Crippen LogP contribution in [0.3, 0.4) is 0 Å². The first-order valence-corrected chi connectivity index (χ1v) is 8.06. The number of phenols is 2. The van der Waals surface area contributed by atoms with E-state index in [2.05, 4.69) is 17.1 Å². The van der Waals surface area contributed by atoms with E-state index < -0.39 is 0 Å². The van der Waals surface area contributed by atoms with E-state index in [0.717, 1.165) is 31.7 Å². The molecule has 1 aromatic carbocycles. The Hall–Kier alpha value is -1.26. The molecule has 0 saturated carbocycles. The molecule has 2 fully saturated rings. The number of phenolic OH excluding ortho intramolecular Hbond substituents is 2. The number of benzene rings is 1. The van der Waals surface area contributed by atoms with Crippen LogP contribution in [0.1, 0.15) is 44.2 Å². The summed E-state index contributed by atoms with van der Waals surface area (Å²) < 4.78 is 0. The van der Waals surface area contributed by atoms with Gasteiger partial charge < -0.3 is 15.5 Å². The molecule has 3 N–H and O–H groups in total. The lowest BCUT2D eigenvalue weighted by molar-refractivity contribution is 0.0410. The van der Waals surface area contributed by atoms with E-state index in [9.17, 15) is 10.2 Å². The molecule has 0 amide bonds. The Balaban J connectivity index is 1.76. The topological polar surface area (TPSA) is 55.7 Å². The molecule has 2 unspecified atom stereocenters. The van der Waals surface area contributed by atoms with Crippen LogP contribution in [0.25, 0.3) is 0 Å². The molecule has 4 nitrogen and oxygen atoms in total. The van der Waals surface area contributed by atoms with Crippen LogP contribution in [-0.4, -0.2) is 41.3 Å². The molecule has 0 aromatic heterocycles. The van der Waals surface area contributed by atoms with Gasteiger partial charge in [0.25, 0.3) is 0 Å². The smallest absolute Gasteiger partial charge is 0.124 e. The molecular weight excluding hydrogens is 264 g/mol. The third-order valence-corrected chi connectivity index (χ3v) is 5.26. The summed E-state index contributed by atoms with van der Waals surface area (Å²) >= 11 is 0. The van der Waals surface area contributed by atoms with Gasteiger partial charge in [-0.25, -0.2) is 0 Å². The van der Waals surface area contributed by atoms with Crippen LogP contribution >= 0.6 is 0 Å². The van der Waals surface area contributed by atoms with Gasteiger partial charge in [0.1, 0.15) is 11.5 Å². The first kappa shape index (κ1) is 14.7. The highest BCUT2D eigenvalue weighted by molar-refractivity contribution is 5.40. The minimum atomic E-state index is 0.120. The van der Waals surface area contributed by atoms with Crippen molar-refractivity contribution in [3.8, 4) is 11.5 Å². The fraction of sp³-hybridized carbons (Fsp3) is 0.647. The lowest BCUT2D eigenvalue weighted by atomic mass is 9.74. The summed E-state index contributed by atoms with van der Waals surface area (Å²) in [5, 5.41) is 23.1.